The lowest BCUT2D eigenvalue weighted by Crippen LogP contribution is -2.32. The van der Waals surface area contributed by atoms with Gasteiger partial charge in [0.05, 0.1) is 0 Å². The van der Waals surface area contributed by atoms with E-state index in [9.17, 15) is 9.59 Å². The highest BCUT2D eigenvalue weighted by Crippen LogP contribution is 2.19. The molecular weight excluding hydrogens is 238 g/mol. The van der Waals surface area contributed by atoms with Gasteiger partial charge >= 0.3 is 0 Å². The number of nitrogens with one attached hydrogen (secondary N) is 1. The molecule has 1 aliphatic rings. The lowest BCUT2D eigenvalue weighted by atomic mass is 9.97. The SMILES string of the molecule is O=C(NCCC1=CCCCC1)C(=O)c1ccccc1. The maximum absolute atomic E-state index is 11.8. The van der Waals surface area contributed by atoms with Gasteiger partial charge in [0.15, 0.2) is 0 Å². The molecule has 1 amide bonds. The maximum atomic E-state index is 11.8. The van der Waals surface area contributed by atoms with Gasteiger partial charge < -0.3 is 5.32 Å². The van der Waals surface area contributed by atoms with Crippen LogP contribution in [0.25, 0.3) is 0 Å². The number of hydrogen-bond acceptors (Lipinski definition) is 2. The minimum atomic E-state index is -0.511. The maximum Gasteiger partial charge on any atom is 0.292 e. The fourth-order valence-corrected chi connectivity index (χ4v) is 2.27. The van der Waals surface area contributed by atoms with E-state index in [1.807, 2.05) is 6.07 Å². The van der Waals surface area contributed by atoms with Gasteiger partial charge in [-0.25, -0.2) is 0 Å². The number of Topliss-reactive ketones (excluding diaryl/α,β-unsaturated/α-hetero) is 1. The third kappa shape index (κ3) is 4.05. The number of ketones is 1. The Kier molecular flexibility index (Phi) is 4.90. The topological polar surface area (TPSA) is 46.2 Å². The van der Waals surface area contributed by atoms with Crippen molar-refractivity contribution in [2.24, 2.45) is 0 Å². The predicted octanol–water partition coefficient (Wildman–Crippen LogP) is 2.88. The van der Waals surface area contributed by atoms with E-state index in [-0.39, 0.29) is 0 Å². The second-order valence-electron chi connectivity index (χ2n) is 4.81. The molecule has 0 spiro atoms. The molecule has 0 saturated heterocycles. The highest BCUT2D eigenvalue weighted by molar-refractivity contribution is 6.42. The first-order valence-electron chi connectivity index (χ1n) is 6.83. The summed E-state index contributed by atoms with van der Waals surface area (Å²) in [6.07, 6.45) is 7.89. The summed E-state index contributed by atoms with van der Waals surface area (Å²) >= 11 is 0. The molecule has 19 heavy (non-hydrogen) atoms. The molecule has 0 bridgehead atoms. The minimum Gasteiger partial charge on any atom is -0.349 e. The fourth-order valence-electron chi connectivity index (χ4n) is 2.27. The zero-order chi connectivity index (χ0) is 13.5. The van der Waals surface area contributed by atoms with Gasteiger partial charge in [-0.05, 0) is 32.1 Å². The highest BCUT2D eigenvalue weighted by atomic mass is 16.2. The minimum absolute atomic E-state index is 0.442. The van der Waals surface area contributed by atoms with Crippen LogP contribution in [0.15, 0.2) is 42.0 Å². The molecule has 3 nitrogen and oxygen atoms in total. The van der Waals surface area contributed by atoms with Crippen LogP contribution in [0.2, 0.25) is 0 Å². The number of allylic oxidation sites excluding steroid dienone is 1. The standard InChI is InChI=1S/C16H19NO2/c18-15(14-9-5-2-6-10-14)16(19)17-12-11-13-7-3-1-4-8-13/h2,5-7,9-10H,1,3-4,8,11-12H2,(H,17,19). The summed E-state index contributed by atoms with van der Waals surface area (Å²) in [6, 6.07) is 8.65. The van der Waals surface area contributed by atoms with Crippen molar-refractivity contribution in [3.8, 4) is 0 Å². The van der Waals surface area contributed by atoms with Crippen LogP contribution in [0, 0.1) is 0 Å². The molecule has 2 rings (SSSR count). The smallest absolute Gasteiger partial charge is 0.292 e. The molecule has 0 aliphatic heterocycles. The molecule has 3 heteroatoms. The molecule has 1 N–H and O–H groups in total. The molecule has 0 atom stereocenters. The molecule has 0 aromatic heterocycles. The van der Waals surface area contributed by atoms with E-state index < -0.39 is 11.7 Å². The predicted molar refractivity (Wildman–Crippen MR) is 75.0 cm³/mol. The number of rotatable bonds is 5. The first-order chi connectivity index (χ1) is 9.27. The second kappa shape index (κ2) is 6.88. The number of hydrogen-bond donors (Lipinski definition) is 1. The number of carbonyl (C=O) groups excluding carboxylic acids is 2. The van der Waals surface area contributed by atoms with E-state index in [1.54, 1.807) is 24.3 Å². The molecule has 0 saturated carbocycles. The van der Waals surface area contributed by atoms with Crippen LogP contribution in [-0.2, 0) is 4.79 Å². The number of benzene rings is 1. The molecule has 1 aliphatic carbocycles. The molecule has 0 fully saturated rings. The van der Waals surface area contributed by atoms with E-state index in [0.29, 0.717) is 12.1 Å². The van der Waals surface area contributed by atoms with E-state index in [0.717, 1.165) is 19.3 Å². The number of amides is 1. The quantitative estimate of drug-likeness (QED) is 0.501. The van der Waals surface area contributed by atoms with Crippen molar-refractivity contribution in [3.63, 3.8) is 0 Å². The zero-order valence-electron chi connectivity index (χ0n) is 11.0. The van der Waals surface area contributed by atoms with Gasteiger partial charge in [-0.3, -0.25) is 9.59 Å². The van der Waals surface area contributed by atoms with Crippen LogP contribution >= 0.6 is 0 Å². The van der Waals surface area contributed by atoms with E-state index >= 15 is 0 Å². The summed E-state index contributed by atoms with van der Waals surface area (Å²) in [7, 11) is 0. The highest BCUT2D eigenvalue weighted by Gasteiger charge is 2.15. The summed E-state index contributed by atoms with van der Waals surface area (Å²) in [5.74, 6) is -0.971. The Morgan fingerprint density at radius 1 is 1.11 bits per heavy atom. The molecule has 0 heterocycles. The summed E-state index contributed by atoms with van der Waals surface area (Å²) in [5.41, 5.74) is 1.84. The van der Waals surface area contributed by atoms with Gasteiger partial charge in [-0.15, -0.1) is 0 Å². The van der Waals surface area contributed by atoms with E-state index in [4.69, 9.17) is 0 Å². The Morgan fingerprint density at radius 3 is 2.58 bits per heavy atom. The number of carbonyl (C=O) groups is 2. The van der Waals surface area contributed by atoms with Crippen LogP contribution in [0.1, 0.15) is 42.5 Å². The van der Waals surface area contributed by atoms with Crippen molar-refractivity contribution in [2.45, 2.75) is 32.1 Å². The third-order valence-corrected chi connectivity index (χ3v) is 3.36. The van der Waals surface area contributed by atoms with Crippen LogP contribution in [0.5, 0.6) is 0 Å². The van der Waals surface area contributed by atoms with Crippen LogP contribution in [0.3, 0.4) is 0 Å². The van der Waals surface area contributed by atoms with Gasteiger partial charge in [-0.2, -0.15) is 0 Å². The fraction of sp³-hybridized carbons (Fsp3) is 0.375. The largest absolute Gasteiger partial charge is 0.349 e. The molecular formula is C16H19NO2. The molecule has 1 aromatic carbocycles. The van der Waals surface area contributed by atoms with E-state index in [2.05, 4.69) is 11.4 Å². The van der Waals surface area contributed by atoms with Crippen LogP contribution in [-0.4, -0.2) is 18.2 Å². The van der Waals surface area contributed by atoms with Crippen molar-refractivity contribution in [2.75, 3.05) is 6.54 Å². The summed E-state index contributed by atoms with van der Waals surface area (Å²) < 4.78 is 0. The van der Waals surface area contributed by atoms with Gasteiger partial charge in [0.1, 0.15) is 0 Å². The van der Waals surface area contributed by atoms with Gasteiger partial charge in [-0.1, -0.05) is 42.0 Å². The van der Waals surface area contributed by atoms with Gasteiger partial charge in [0, 0.05) is 12.1 Å². The molecule has 1 aromatic rings. The van der Waals surface area contributed by atoms with Crippen molar-refractivity contribution in [1.82, 2.24) is 5.32 Å². The van der Waals surface area contributed by atoms with Crippen molar-refractivity contribution < 1.29 is 9.59 Å². The monoisotopic (exact) mass is 257 g/mol. The third-order valence-electron chi connectivity index (χ3n) is 3.36. The van der Waals surface area contributed by atoms with Crippen molar-refractivity contribution in [3.05, 3.63) is 47.5 Å². The molecule has 0 unspecified atom stereocenters. The Bertz CT molecular complexity index is 477. The first kappa shape index (κ1) is 13.5. The van der Waals surface area contributed by atoms with Gasteiger partial charge in [0.25, 0.3) is 5.91 Å². The second-order valence-corrected chi connectivity index (χ2v) is 4.81. The molecule has 0 radical (unpaired) electrons. The zero-order valence-corrected chi connectivity index (χ0v) is 11.0. The molecule has 100 valence electrons. The summed E-state index contributed by atoms with van der Waals surface area (Å²) in [4.78, 5) is 23.5. The Hall–Kier alpha value is -1.90. The summed E-state index contributed by atoms with van der Waals surface area (Å²) in [5, 5.41) is 2.70. The average molecular weight is 257 g/mol. The van der Waals surface area contributed by atoms with Crippen LogP contribution in [0.4, 0.5) is 0 Å². The van der Waals surface area contributed by atoms with Crippen LogP contribution < -0.4 is 5.32 Å². The first-order valence-corrected chi connectivity index (χ1v) is 6.83. The Balaban J connectivity index is 1.78. The Labute approximate surface area is 113 Å². The lowest BCUT2D eigenvalue weighted by Gasteiger charge is -2.12. The van der Waals surface area contributed by atoms with Crippen molar-refractivity contribution in [1.29, 1.82) is 0 Å². The normalized spacial score (nSPS) is 14.6. The lowest BCUT2D eigenvalue weighted by molar-refractivity contribution is -0.116. The van der Waals surface area contributed by atoms with E-state index in [1.165, 1.54) is 18.4 Å². The van der Waals surface area contributed by atoms with Crippen molar-refractivity contribution >= 4 is 11.7 Å². The average Bonchev–Trinajstić information content (AvgIpc) is 2.48. The van der Waals surface area contributed by atoms with Gasteiger partial charge in [0.2, 0.25) is 5.78 Å². The Morgan fingerprint density at radius 2 is 1.89 bits per heavy atom. The summed E-state index contributed by atoms with van der Waals surface area (Å²) in [6.45, 7) is 0.545.